The fourth-order valence-corrected chi connectivity index (χ4v) is 2.67. The van der Waals surface area contributed by atoms with Crippen LogP contribution < -0.4 is 0 Å². The molecule has 1 N–H and O–H groups in total. The summed E-state index contributed by atoms with van der Waals surface area (Å²) in [6, 6.07) is 4.56. The maximum Gasteiger partial charge on any atom is 0.142 e. The van der Waals surface area contributed by atoms with E-state index in [9.17, 15) is 9.50 Å². The van der Waals surface area contributed by atoms with E-state index in [1.54, 1.807) is 19.2 Å². The lowest BCUT2D eigenvalue weighted by Crippen LogP contribution is -2.32. The SMILES string of the molecule is COCCN1CCC(O)(c2cccc(F)c2Cl)C1. The average Bonchev–Trinajstić information content (AvgIpc) is 2.73. The van der Waals surface area contributed by atoms with E-state index in [2.05, 4.69) is 4.90 Å². The smallest absolute Gasteiger partial charge is 0.142 e. The summed E-state index contributed by atoms with van der Waals surface area (Å²) in [4.78, 5) is 2.09. The summed E-state index contributed by atoms with van der Waals surface area (Å²) in [5, 5.41) is 10.6. The van der Waals surface area contributed by atoms with Crippen molar-refractivity contribution in [2.75, 3.05) is 33.4 Å². The monoisotopic (exact) mass is 273 g/mol. The van der Waals surface area contributed by atoms with Crippen molar-refractivity contribution >= 4 is 11.6 Å². The molecule has 3 nitrogen and oxygen atoms in total. The minimum Gasteiger partial charge on any atom is -0.384 e. The molecule has 1 aromatic rings. The third kappa shape index (κ3) is 2.67. The number of hydrogen-bond acceptors (Lipinski definition) is 3. The van der Waals surface area contributed by atoms with E-state index < -0.39 is 11.4 Å². The molecule has 2 rings (SSSR count). The zero-order valence-corrected chi connectivity index (χ0v) is 11.1. The molecular weight excluding hydrogens is 257 g/mol. The number of ether oxygens (including phenoxy) is 1. The minimum absolute atomic E-state index is 0.0218. The predicted octanol–water partition coefficient (Wildman–Crippen LogP) is 2.02. The fraction of sp³-hybridized carbons (Fsp3) is 0.538. The average molecular weight is 274 g/mol. The molecule has 0 radical (unpaired) electrons. The summed E-state index contributed by atoms with van der Waals surface area (Å²) in [6.45, 7) is 2.59. The van der Waals surface area contributed by atoms with Gasteiger partial charge in [0.1, 0.15) is 11.4 Å². The molecule has 1 fully saturated rings. The lowest BCUT2D eigenvalue weighted by molar-refractivity contribution is 0.0427. The lowest BCUT2D eigenvalue weighted by Gasteiger charge is -2.25. The van der Waals surface area contributed by atoms with Gasteiger partial charge in [-0.3, -0.25) is 4.90 Å². The highest BCUT2D eigenvalue weighted by Gasteiger charge is 2.39. The normalized spacial score (nSPS) is 24.7. The lowest BCUT2D eigenvalue weighted by atomic mass is 9.93. The number of benzene rings is 1. The summed E-state index contributed by atoms with van der Waals surface area (Å²) >= 11 is 5.94. The molecule has 1 aromatic carbocycles. The van der Waals surface area contributed by atoms with Crippen LogP contribution in [0.5, 0.6) is 0 Å². The van der Waals surface area contributed by atoms with E-state index in [-0.39, 0.29) is 5.02 Å². The molecular formula is C13H17ClFNO2. The van der Waals surface area contributed by atoms with Gasteiger partial charge in [0.05, 0.1) is 11.6 Å². The number of aliphatic hydroxyl groups is 1. The Bertz CT molecular complexity index is 429. The molecule has 5 heteroatoms. The van der Waals surface area contributed by atoms with Crippen molar-refractivity contribution in [2.24, 2.45) is 0 Å². The first-order valence-electron chi connectivity index (χ1n) is 5.95. The first kappa shape index (κ1) is 13.7. The van der Waals surface area contributed by atoms with Crippen molar-refractivity contribution in [1.82, 2.24) is 4.90 Å². The highest BCUT2D eigenvalue weighted by atomic mass is 35.5. The molecule has 0 aromatic heterocycles. The van der Waals surface area contributed by atoms with Crippen LogP contribution in [0.3, 0.4) is 0 Å². The first-order valence-corrected chi connectivity index (χ1v) is 6.33. The Morgan fingerprint density at radius 1 is 1.56 bits per heavy atom. The van der Waals surface area contributed by atoms with Gasteiger partial charge < -0.3 is 9.84 Å². The van der Waals surface area contributed by atoms with Gasteiger partial charge >= 0.3 is 0 Å². The maximum atomic E-state index is 13.4. The van der Waals surface area contributed by atoms with Crippen LogP contribution in [0.25, 0.3) is 0 Å². The summed E-state index contributed by atoms with van der Waals surface area (Å²) < 4.78 is 18.4. The topological polar surface area (TPSA) is 32.7 Å². The molecule has 0 bridgehead atoms. The second-order valence-electron chi connectivity index (χ2n) is 4.65. The van der Waals surface area contributed by atoms with Crippen LogP contribution in [0.2, 0.25) is 5.02 Å². The van der Waals surface area contributed by atoms with Gasteiger partial charge in [0.2, 0.25) is 0 Å². The molecule has 18 heavy (non-hydrogen) atoms. The molecule has 1 atom stereocenters. The highest BCUT2D eigenvalue weighted by Crippen LogP contribution is 2.36. The van der Waals surface area contributed by atoms with E-state index in [4.69, 9.17) is 16.3 Å². The number of nitrogens with zero attached hydrogens (tertiary/aromatic N) is 1. The van der Waals surface area contributed by atoms with Gasteiger partial charge in [0.15, 0.2) is 0 Å². The zero-order chi connectivity index (χ0) is 13.2. The van der Waals surface area contributed by atoms with Gasteiger partial charge in [-0.05, 0) is 12.5 Å². The van der Waals surface area contributed by atoms with Crippen molar-refractivity contribution < 1.29 is 14.2 Å². The Balaban J connectivity index is 2.15. The predicted molar refractivity (Wildman–Crippen MR) is 68.2 cm³/mol. The van der Waals surface area contributed by atoms with Gasteiger partial charge in [0.25, 0.3) is 0 Å². The van der Waals surface area contributed by atoms with E-state index in [1.165, 1.54) is 6.07 Å². The number of hydrogen-bond donors (Lipinski definition) is 1. The third-order valence-corrected chi connectivity index (χ3v) is 3.78. The second-order valence-corrected chi connectivity index (χ2v) is 5.03. The molecule has 1 unspecified atom stereocenters. The van der Waals surface area contributed by atoms with Gasteiger partial charge in [0, 0.05) is 32.3 Å². The van der Waals surface area contributed by atoms with Crippen molar-refractivity contribution in [3.05, 3.63) is 34.6 Å². The van der Waals surface area contributed by atoms with Crippen molar-refractivity contribution in [1.29, 1.82) is 0 Å². The van der Waals surface area contributed by atoms with E-state index in [0.29, 0.717) is 25.1 Å². The molecule has 1 aliphatic heterocycles. The summed E-state index contributed by atoms with van der Waals surface area (Å²) in [5.74, 6) is -0.488. The van der Waals surface area contributed by atoms with Gasteiger partial charge in [-0.2, -0.15) is 0 Å². The van der Waals surface area contributed by atoms with Crippen molar-refractivity contribution in [3.8, 4) is 0 Å². The van der Waals surface area contributed by atoms with Crippen LogP contribution in [-0.4, -0.2) is 43.4 Å². The van der Waals surface area contributed by atoms with Gasteiger partial charge in [-0.25, -0.2) is 4.39 Å². The number of β-amino-alcohol motifs (C(OH)–C–C–N with tert-alkyl or cyclic N) is 1. The van der Waals surface area contributed by atoms with Crippen LogP contribution in [0.1, 0.15) is 12.0 Å². The zero-order valence-electron chi connectivity index (χ0n) is 10.3. The van der Waals surface area contributed by atoms with Crippen molar-refractivity contribution in [2.45, 2.75) is 12.0 Å². The van der Waals surface area contributed by atoms with E-state index in [0.717, 1.165) is 13.1 Å². The summed E-state index contributed by atoms with van der Waals surface area (Å²) in [7, 11) is 1.64. The first-order chi connectivity index (χ1) is 8.57. The second kappa shape index (κ2) is 5.53. The quantitative estimate of drug-likeness (QED) is 0.911. The van der Waals surface area contributed by atoms with Crippen LogP contribution in [0.4, 0.5) is 4.39 Å². The number of rotatable bonds is 4. The van der Waals surface area contributed by atoms with Gasteiger partial charge in [-0.1, -0.05) is 23.7 Å². The Kier molecular flexibility index (Phi) is 4.22. The van der Waals surface area contributed by atoms with E-state index >= 15 is 0 Å². The van der Waals surface area contributed by atoms with Gasteiger partial charge in [-0.15, -0.1) is 0 Å². The van der Waals surface area contributed by atoms with Crippen LogP contribution in [0.15, 0.2) is 18.2 Å². The number of methoxy groups -OCH3 is 1. The van der Waals surface area contributed by atoms with Crippen molar-refractivity contribution in [3.63, 3.8) is 0 Å². The number of likely N-dealkylation sites (tertiary alicyclic amines) is 1. The Labute approximate surface area is 111 Å². The van der Waals surface area contributed by atoms with Crippen LogP contribution in [-0.2, 0) is 10.3 Å². The molecule has 1 saturated heterocycles. The third-order valence-electron chi connectivity index (χ3n) is 3.39. The van der Waals surface area contributed by atoms with Crippen LogP contribution in [0, 0.1) is 5.82 Å². The molecule has 1 heterocycles. The summed E-state index contributed by atoms with van der Waals surface area (Å²) in [5.41, 5.74) is -0.587. The molecule has 100 valence electrons. The van der Waals surface area contributed by atoms with Crippen LogP contribution >= 0.6 is 11.6 Å². The highest BCUT2D eigenvalue weighted by molar-refractivity contribution is 6.31. The molecule has 0 saturated carbocycles. The molecule has 0 spiro atoms. The Hall–Kier alpha value is -0.680. The maximum absolute atomic E-state index is 13.4. The largest absolute Gasteiger partial charge is 0.384 e. The molecule has 0 amide bonds. The Morgan fingerprint density at radius 3 is 3.06 bits per heavy atom. The fourth-order valence-electron chi connectivity index (χ4n) is 2.37. The van der Waals surface area contributed by atoms with E-state index in [1.807, 2.05) is 0 Å². The minimum atomic E-state index is -1.06. The standard InChI is InChI=1S/C13H17ClFNO2/c1-18-8-7-16-6-5-13(17,9-16)10-3-2-4-11(15)12(10)14/h2-4,17H,5-9H2,1H3. The molecule has 1 aliphatic rings. The molecule has 0 aliphatic carbocycles. The Morgan fingerprint density at radius 2 is 2.33 bits per heavy atom. The number of halogens is 2. The summed E-state index contributed by atoms with van der Waals surface area (Å²) in [6.07, 6.45) is 0.555.